The van der Waals surface area contributed by atoms with E-state index < -0.39 is 12.2 Å². The van der Waals surface area contributed by atoms with Gasteiger partial charge < -0.3 is 0 Å². The summed E-state index contributed by atoms with van der Waals surface area (Å²) in [6.07, 6.45) is 0. The van der Waals surface area contributed by atoms with Crippen molar-refractivity contribution < 1.29 is 4.39 Å². The lowest BCUT2D eigenvalue weighted by Gasteiger charge is -1.86. The third-order valence-electron chi connectivity index (χ3n) is 2.04. The molecular formula is C11H8FNO. The quantitative estimate of drug-likeness (QED) is 0.687. The van der Waals surface area contributed by atoms with Gasteiger partial charge in [-0.05, 0) is 6.07 Å². The van der Waals surface area contributed by atoms with Gasteiger partial charge in [0.1, 0.15) is 6.67 Å². The highest BCUT2D eigenvalue weighted by molar-refractivity contribution is 5.77. The van der Waals surface area contributed by atoms with E-state index in [-0.39, 0.29) is 5.56 Å². The van der Waals surface area contributed by atoms with Crippen LogP contribution in [0.1, 0.15) is 5.56 Å². The summed E-state index contributed by atoms with van der Waals surface area (Å²) < 4.78 is 12.4. The smallest absolute Gasteiger partial charge is 0.267 e. The summed E-state index contributed by atoms with van der Waals surface area (Å²) in [5.41, 5.74) is 0.201. The van der Waals surface area contributed by atoms with Crippen LogP contribution in [0, 0.1) is 0 Å². The van der Waals surface area contributed by atoms with Gasteiger partial charge in [0, 0.05) is 5.39 Å². The van der Waals surface area contributed by atoms with Crippen LogP contribution in [0.5, 0.6) is 0 Å². The van der Waals surface area contributed by atoms with Crippen LogP contribution in [0.2, 0.25) is 0 Å². The van der Waals surface area contributed by atoms with E-state index in [1.807, 2.05) is 12.1 Å². The molecule has 1 aromatic heterocycles. The van der Waals surface area contributed by atoms with Gasteiger partial charge in [0.15, 0.2) is 0 Å². The molecule has 0 spiro atoms. The van der Waals surface area contributed by atoms with Crippen LogP contribution in [0.4, 0.5) is 4.39 Å². The third-order valence-corrected chi connectivity index (χ3v) is 2.04. The molecular weight excluding hydrogens is 181 g/mol. The minimum atomic E-state index is -0.771. The van der Waals surface area contributed by atoms with Gasteiger partial charge in [-0.2, -0.15) is 0 Å². The van der Waals surface area contributed by atoms with Gasteiger partial charge in [-0.3, -0.25) is 4.79 Å². The van der Waals surface area contributed by atoms with Gasteiger partial charge >= 0.3 is 0 Å². The second-order valence-electron chi connectivity index (χ2n) is 2.97. The lowest BCUT2D eigenvalue weighted by molar-refractivity contribution is 0.482. The number of halogens is 1. The van der Waals surface area contributed by atoms with Crippen molar-refractivity contribution in [2.45, 2.75) is 6.67 Å². The van der Waals surface area contributed by atoms with Gasteiger partial charge in [-0.25, -0.2) is 9.37 Å². The van der Waals surface area contributed by atoms with E-state index in [0.717, 1.165) is 5.39 Å². The highest BCUT2D eigenvalue weighted by Crippen LogP contribution is 2.08. The zero-order chi connectivity index (χ0) is 9.97. The van der Waals surface area contributed by atoms with E-state index in [2.05, 4.69) is 4.98 Å². The number of nitrogens with zero attached hydrogens (tertiary/aromatic N) is 1. The second-order valence-corrected chi connectivity index (χ2v) is 2.97. The maximum atomic E-state index is 12.4. The molecule has 2 nitrogen and oxygen atoms in total. The van der Waals surface area contributed by atoms with Crippen molar-refractivity contribution in [1.82, 2.24) is 4.98 Å². The number of alkyl halides is 1. The molecule has 0 fully saturated rings. The Morgan fingerprint density at radius 2 is 1.93 bits per heavy atom. The van der Waals surface area contributed by atoms with E-state index in [1.165, 1.54) is 6.07 Å². The molecule has 1 heterocycles. The standard InChI is InChI=1S/C11H8FNO/c12-7-9-6-5-8-3-1-2-4-10(8)13-11(9)14/h1-6H,7H2. The van der Waals surface area contributed by atoms with E-state index in [4.69, 9.17) is 0 Å². The van der Waals surface area contributed by atoms with Gasteiger partial charge in [0.05, 0.1) is 11.1 Å². The fourth-order valence-electron chi connectivity index (χ4n) is 1.27. The zero-order valence-corrected chi connectivity index (χ0v) is 7.40. The molecule has 0 aliphatic rings. The molecule has 0 aliphatic carbocycles. The van der Waals surface area contributed by atoms with E-state index in [0.29, 0.717) is 5.52 Å². The van der Waals surface area contributed by atoms with Crippen LogP contribution >= 0.6 is 0 Å². The van der Waals surface area contributed by atoms with E-state index >= 15 is 0 Å². The number of hydrogen-bond acceptors (Lipinski definition) is 2. The lowest BCUT2D eigenvalue weighted by Crippen LogP contribution is -2.06. The minimum absolute atomic E-state index is 0.0983. The number of hydrogen-bond donors (Lipinski definition) is 0. The molecule has 0 amide bonds. The summed E-state index contributed by atoms with van der Waals surface area (Å²) in [7, 11) is 0. The Labute approximate surface area is 80.0 Å². The number of benzene rings is 1. The molecule has 70 valence electrons. The molecule has 0 saturated heterocycles. The Bertz CT molecular complexity index is 525. The fraction of sp³-hybridized carbons (Fsp3) is 0.0909. The SMILES string of the molecule is O=c1nc2ccccc2ccc1CF. The summed E-state index contributed by atoms with van der Waals surface area (Å²) in [5, 5.41) is 0.837. The zero-order valence-electron chi connectivity index (χ0n) is 7.40. The number of fused-ring (bicyclic) bond motifs is 1. The molecule has 0 atom stereocenters. The molecule has 14 heavy (non-hydrogen) atoms. The van der Waals surface area contributed by atoms with Crippen molar-refractivity contribution in [3.05, 3.63) is 52.3 Å². The van der Waals surface area contributed by atoms with Gasteiger partial charge in [0.25, 0.3) is 5.56 Å². The van der Waals surface area contributed by atoms with Crippen molar-refractivity contribution >= 4 is 10.9 Å². The van der Waals surface area contributed by atoms with Crippen molar-refractivity contribution in [1.29, 1.82) is 0 Å². The van der Waals surface area contributed by atoms with Crippen LogP contribution in [0.15, 0.2) is 41.2 Å². The van der Waals surface area contributed by atoms with Crippen molar-refractivity contribution in [3.63, 3.8) is 0 Å². The number of para-hydroxylation sites is 1. The van der Waals surface area contributed by atoms with Crippen molar-refractivity contribution in [2.75, 3.05) is 0 Å². The van der Waals surface area contributed by atoms with Crippen LogP contribution in [-0.2, 0) is 6.67 Å². The second kappa shape index (κ2) is 3.54. The van der Waals surface area contributed by atoms with Crippen LogP contribution in [-0.4, -0.2) is 4.98 Å². The first-order valence-corrected chi connectivity index (χ1v) is 4.26. The Morgan fingerprint density at radius 1 is 1.14 bits per heavy atom. The molecule has 0 unspecified atom stereocenters. The van der Waals surface area contributed by atoms with Crippen LogP contribution in [0.25, 0.3) is 10.9 Å². The molecule has 0 saturated carbocycles. The molecule has 1 aromatic carbocycles. The topological polar surface area (TPSA) is 30.0 Å². The number of rotatable bonds is 1. The Balaban J connectivity index is 2.86. The molecule has 2 aromatic rings. The van der Waals surface area contributed by atoms with Gasteiger partial charge in [0.2, 0.25) is 0 Å². The summed E-state index contributed by atoms with van der Waals surface area (Å²) in [5.74, 6) is 0. The summed E-state index contributed by atoms with van der Waals surface area (Å²) in [6, 6.07) is 10.4. The summed E-state index contributed by atoms with van der Waals surface area (Å²) >= 11 is 0. The van der Waals surface area contributed by atoms with Gasteiger partial charge in [-0.15, -0.1) is 0 Å². The Morgan fingerprint density at radius 3 is 2.71 bits per heavy atom. The van der Waals surface area contributed by atoms with Crippen molar-refractivity contribution in [2.24, 2.45) is 0 Å². The maximum absolute atomic E-state index is 12.4. The maximum Gasteiger partial charge on any atom is 0.276 e. The monoisotopic (exact) mass is 189 g/mol. The molecule has 0 aliphatic heterocycles. The fourth-order valence-corrected chi connectivity index (χ4v) is 1.27. The average Bonchev–Trinajstić information content (AvgIpc) is 2.36. The highest BCUT2D eigenvalue weighted by atomic mass is 19.1. The molecule has 0 radical (unpaired) electrons. The number of aromatic nitrogens is 1. The lowest BCUT2D eigenvalue weighted by atomic mass is 10.2. The summed E-state index contributed by atoms with van der Waals surface area (Å²) in [4.78, 5) is 15.1. The minimum Gasteiger partial charge on any atom is -0.267 e. The van der Waals surface area contributed by atoms with E-state index in [9.17, 15) is 9.18 Å². The largest absolute Gasteiger partial charge is 0.276 e. The average molecular weight is 189 g/mol. The van der Waals surface area contributed by atoms with Gasteiger partial charge in [-0.1, -0.05) is 30.3 Å². The third kappa shape index (κ3) is 1.48. The first kappa shape index (κ1) is 8.81. The molecule has 0 bridgehead atoms. The predicted molar refractivity (Wildman–Crippen MR) is 52.8 cm³/mol. The Kier molecular flexibility index (Phi) is 2.23. The highest BCUT2D eigenvalue weighted by Gasteiger charge is 1.98. The predicted octanol–water partition coefficient (Wildman–Crippen LogP) is 2.06. The van der Waals surface area contributed by atoms with Crippen LogP contribution in [0.3, 0.4) is 0 Å². The first-order valence-electron chi connectivity index (χ1n) is 4.26. The summed E-state index contributed by atoms with van der Waals surface area (Å²) in [6.45, 7) is -0.771. The normalized spacial score (nSPS) is 10.4. The molecule has 2 rings (SSSR count). The van der Waals surface area contributed by atoms with Crippen LogP contribution < -0.4 is 5.56 Å². The molecule has 0 N–H and O–H groups in total. The molecule has 3 heteroatoms. The Hall–Kier alpha value is -1.77. The van der Waals surface area contributed by atoms with Crippen molar-refractivity contribution in [3.8, 4) is 0 Å². The van der Waals surface area contributed by atoms with E-state index in [1.54, 1.807) is 18.2 Å². The first-order chi connectivity index (χ1) is 6.81.